The smallest absolute Gasteiger partial charge is 0.320 e. The van der Waals surface area contributed by atoms with E-state index < -0.39 is 23.6 Å². The lowest BCUT2D eigenvalue weighted by atomic mass is 10.1. The first-order chi connectivity index (χ1) is 13.5. The number of hydrogen-bond acceptors (Lipinski definition) is 6. The average Bonchev–Trinajstić information content (AvgIpc) is 2.59. The van der Waals surface area contributed by atoms with Gasteiger partial charge in [0.15, 0.2) is 0 Å². The van der Waals surface area contributed by atoms with E-state index in [2.05, 4.69) is 0 Å². The average molecular weight is 419 g/mol. The third-order valence-electron chi connectivity index (χ3n) is 3.98. The van der Waals surface area contributed by atoms with Gasteiger partial charge in [0.25, 0.3) is 0 Å². The number of nitrogens with two attached hydrogens (primary N) is 2. The number of carbonyl (C=O) groups excluding carboxylic acids is 1. The predicted molar refractivity (Wildman–Crippen MR) is 114 cm³/mol. The van der Waals surface area contributed by atoms with Gasteiger partial charge in [-0.1, -0.05) is 38.5 Å². The molecule has 0 radical (unpaired) electrons. The van der Waals surface area contributed by atoms with E-state index >= 15 is 0 Å². The SMILES string of the molecule is CC(C)(C)OC(=O)CCCCCCC(N)C(=O)O.NCCCCCCCC(=O)O. The van der Waals surface area contributed by atoms with E-state index in [1.165, 1.54) is 0 Å². The molecule has 1 atom stereocenters. The molecule has 0 aliphatic heterocycles. The molecule has 6 N–H and O–H groups in total. The zero-order valence-corrected chi connectivity index (χ0v) is 18.5. The van der Waals surface area contributed by atoms with Gasteiger partial charge in [0, 0.05) is 12.8 Å². The number of carboxylic acids is 2. The van der Waals surface area contributed by atoms with E-state index in [-0.39, 0.29) is 5.97 Å². The molecule has 0 bridgehead atoms. The number of rotatable bonds is 15. The monoisotopic (exact) mass is 418 g/mol. The molecule has 0 saturated carbocycles. The first-order valence-corrected chi connectivity index (χ1v) is 10.6. The Balaban J connectivity index is 0. The highest BCUT2D eigenvalue weighted by molar-refractivity contribution is 5.72. The molecule has 1 unspecified atom stereocenters. The highest BCUT2D eigenvalue weighted by atomic mass is 16.6. The molecule has 0 fully saturated rings. The minimum absolute atomic E-state index is 0.176. The second-order valence-electron chi connectivity index (χ2n) is 8.18. The molecule has 0 aliphatic carbocycles. The first kappa shape index (κ1) is 29.5. The Morgan fingerprint density at radius 1 is 0.828 bits per heavy atom. The maximum atomic E-state index is 11.4. The van der Waals surface area contributed by atoms with Crippen molar-refractivity contribution in [3.05, 3.63) is 0 Å². The molecule has 0 spiro atoms. The van der Waals surface area contributed by atoms with Crippen LogP contribution in [0.5, 0.6) is 0 Å². The van der Waals surface area contributed by atoms with Crippen LogP contribution in [0.1, 0.15) is 97.8 Å². The fourth-order valence-electron chi connectivity index (χ4n) is 2.45. The summed E-state index contributed by atoms with van der Waals surface area (Å²) in [6.07, 6.45) is 9.70. The lowest BCUT2D eigenvalue weighted by Crippen LogP contribution is -2.29. The molecule has 0 heterocycles. The van der Waals surface area contributed by atoms with Gasteiger partial charge in [0.05, 0.1) is 0 Å². The maximum Gasteiger partial charge on any atom is 0.320 e. The van der Waals surface area contributed by atoms with Gasteiger partial charge >= 0.3 is 17.9 Å². The maximum absolute atomic E-state index is 11.4. The van der Waals surface area contributed by atoms with Crippen molar-refractivity contribution in [1.29, 1.82) is 0 Å². The highest BCUT2D eigenvalue weighted by Gasteiger charge is 2.15. The molecule has 0 aromatic rings. The summed E-state index contributed by atoms with van der Waals surface area (Å²) in [6, 6.07) is -0.768. The third kappa shape index (κ3) is 26.3. The summed E-state index contributed by atoms with van der Waals surface area (Å²) >= 11 is 0. The first-order valence-electron chi connectivity index (χ1n) is 10.6. The van der Waals surface area contributed by atoms with Crippen molar-refractivity contribution in [3.63, 3.8) is 0 Å². The quantitative estimate of drug-likeness (QED) is 0.233. The summed E-state index contributed by atoms with van der Waals surface area (Å²) in [4.78, 5) is 31.9. The Morgan fingerprint density at radius 3 is 1.79 bits per heavy atom. The van der Waals surface area contributed by atoms with Gasteiger partial charge in [0.1, 0.15) is 11.6 Å². The van der Waals surface area contributed by atoms with E-state index in [0.29, 0.717) is 19.3 Å². The largest absolute Gasteiger partial charge is 0.481 e. The van der Waals surface area contributed by atoms with Crippen molar-refractivity contribution in [1.82, 2.24) is 0 Å². The number of carbonyl (C=O) groups is 3. The minimum atomic E-state index is -0.955. The van der Waals surface area contributed by atoms with E-state index in [4.69, 9.17) is 26.4 Å². The Labute approximate surface area is 175 Å². The Bertz CT molecular complexity index is 449. The number of hydrogen-bond donors (Lipinski definition) is 4. The van der Waals surface area contributed by atoms with Crippen LogP contribution in [-0.4, -0.2) is 46.3 Å². The van der Waals surface area contributed by atoms with E-state index in [9.17, 15) is 14.4 Å². The normalized spacial score (nSPS) is 11.9. The van der Waals surface area contributed by atoms with Crippen LogP contribution < -0.4 is 11.5 Å². The number of unbranched alkanes of at least 4 members (excludes halogenated alkanes) is 7. The second-order valence-corrected chi connectivity index (χ2v) is 8.18. The summed E-state index contributed by atoms with van der Waals surface area (Å²) in [5.41, 5.74) is 10.2. The van der Waals surface area contributed by atoms with Crippen LogP contribution in [0.2, 0.25) is 0 Å². The van der Waals surface area contributed by atoms with Crippen LogP contribution >= 0.6 is 0 Å². The van der Waals surface area contributed by atoms with Gasteiger partial charge in [0.2, 0.25) is 0 Å². The minimum Gasteiger partial charge on any atom is -0.481 e. The summed E-state index contributed by atoms with van der Waals surface area (Å²) < 4.78 is 5.18. The van der Waals surface area contributed by atoms with Crippen LogP contribution in [0.3, 0.4) is 0 Å². The Morgan fingerprint density at radius 2 is 1.31 bits per heavy atom. The highest BCUT2D eigenvalue weighted by Crippen LogP contribution is 2.12. The standard InChI is InChI=1S/C13H25NO4.C8H17NO2/c1-13(2,3)18-11(15)9-7-5-4-6-8-10(14)12(16)17;9-7-5-3-1-2-4-6-8(10)11/h10H,4-9,14H2,1-3H3,(H,16,17);1-7,9H2,(H,10,11). The van der Waals surface area contributed by atoms with Gasteiger partial charge in [-0.25, -0.2) is 0 Å². The van der Waals surface area contributed by atoms with Crippen LogP contribution in [0, 0.1) is 0 Å². The molecule has 0 aromatic heterocycles. The molecule has 0 aliphatic rings. The molecule has 0 saturated heterocycles. The third-order valence-corrected chi connectivity index (χ3v) is 3.98. The van der Waals surface area contributed by atoms with Gasteiger partial charge in [-0.2, -0.15) is 0 Å². The molecule has 8 nitrogen and oxygen atoms in total. The molecular formula is C21H42N2O6. The topological polar surface area (TPSA) is 153 Å². The van der Waals surface area contributed by atoms with Gasteiger partial charge in [-0.3, -0.25) is 14.4 Å². The zero-order chi connectivity index (χ0) is 22.7. The second kappa shape index (κ2) is 18.4. The van der Waals surface area contributed by atoms with Crippen LogP contribution in [0.4, 0.5) is 0 Å². The van der Waals surface area contributed by atoms with Crippen molar-refractivity contribution in [2.24, 2.45) is 11.5 Å². The van der Waals surface area contributed by atoms with Crippen molar-refractivity contribution < 1.29 is 29.3 Å². The van der Waals surface area contributed by atoms with Crippen molar-refractivity contribution >= 4 is 17.9 Å². The Kier molecular flexibility index (Phi) is 18.7. The van der Waals surface area contributed by atoms with Gasteiger partial charge in [-0.05, 0) is 53.0 Å². The summed E-state index contributed by atoms with van der Waals surface area (Å²) in [6.45, 7) is 6.29. The number of aliphatic carboxylic acids is 2. The Hall–Kier alpha value is -1.67. The van der Waals surface area contributed by atoms with Crippen LogP contribution in [0.25, 0.3) is 0 Å². The zero-order valence-electron chi connectivity index (χ0n) is 18.5. The fourth-order valence-corrected chi connectivity index (χ4v) is 2.45. The van der Waals surface area contributed by atoms with Crippen molar-refractivity contribution in [2.45, 2.75) is 109 Å². The van der Waals surface area contributed by atoms with E-state index in [1.54, 1.807) is 0 Å². The molecule has 29 heavy (non-hydrogen) atoms. The molecule has 0 amide bonds. The van der Waals surface area contributed by atoms with Gasteiger partial charge < -0.3 is 26.4 Å². The summed E-state index contributed by atoms with van der Waals surface area (Å²) in [5, 5.41) is 16.9. The summed E-state index contributed by atoms with van der Waals surface area (Å²) in [5.74, 6) is -1.82. The van der Waals surface area contributed by atoms with E-state index in [0.717, 1.165) is 64.3 Å². The van der Waals surface area contributed by atoms with E-state index in [1.807, 2.05) is 20.8 Å². The van der Waals surface area contributed by atoms with Crippen molar-refractivity contribution in [2.75, 3.05) is 6.54 Å². The fraction of sp³-hybridized carbons (Fsp3) is 0.857. The molecule has 8 heteroatoms. The number of esters is 1. The molecule has 0 aromatic carbocycles. The molecule has 0 rings (SSSR count). The van der Waals surface area contributed by atoms with Crippen LogP contribution in [0.15, 0.2) is 0 Å². The molecular weight excluding hydrogens is 376 g/mol. The lowest BCUT2D eigenvalue weighted by Gasteiger charge is -2.19. The van der Waals surface area contributed by atoms with Crippen LogP contribution in [-0.2, 0) is 19.1 Å². The lowest BCUT2D eigenvalue weighted by molar-refractivity contribution is -0.155. The van der Waals surface area contributed by atoms with Crippen molar-refractivity contribution in [3.8, 4) is 0 Å². The number of carboxylic acid groups (broad SMARTS) is 2. The number of ether oxygens (including phenoxy) is 1. The predicted octanol–water partition coefficient (Wildman–Crippen LogP) is 3.45. The molecule has 172 valence electrons. The van der Waals surface area contributed by atoms with Gasteiger partial charge in [-0.15, -0.1) is 0 Å². The summed E-state index contributed by atoms with van der Waals surface area (Å²) in [7, 11) is 0.